The van der Waals surface area contributed by atoms with Crippen molar-refractivity contribution in [2.75, 3.05) is 6.61 Å². The molecule has 0 saturated carbocycles. The highest BCUT2D eigenvalue weighted by Gasteiger charge is 2.04. The summed E-state index contributed by atoms with van der Waals surface area (Å²) >= 11 is 0. The van der Waals surface area contributed by atoms with Crippen LogP contribution in [0.25, 0.3) is 0 Å². The van der Waals surface area contributed by atoms with Crippen molar-refractivity contribution in [1.82, 2.24) is 5.43 Å². The molecule has 0 unspecified atom stereocenters. The van der Waals surface area contributed by atoms with Crippen LogP contribution in [0, 0.1) is 0 Å². The molecule has 0 saturated heterocycles. The number of amides is 1. The van der Waals surface area contributed by atoms with Crippen molar-refractivity contribution in [3.05, 3.63) is 72.3 Å². The summed E-state index contributed by atoms with van der Waals surface area (Å²) in [4.78, 5) is 11.8. The van der Waals surface area contributed by atoms with Crippen LogP contribution in [0.15, 0.2) is 66.3 Å². The van der Waals surface area contributed by atoms with Gasteiger partial charge in [-0.2, -0.15) is 5.10 Å². The van der Waals surface area contributed by atoms with E-state index in [0.29, 0.717) is 12.2 Å². The van der Waals surface area contributed by atoms with Gasteiger partial charge in [0.1, 0.15) is 18.1 Å². The summed E-state index contributed by atoms with van der Waals surface area (Å²) < 4.78 is 5.37. The Morgan fingerprint density at radius 2 is 2.05 bits per heavy atom. The Balaban J connectivity index is 1.91. The standard InChI is InChI=1S/C17H16N2O3/c1-2-10-22-16-8-6-13(7-9-16)12-18-19-17(21)14-4-3-5-15(20)11-14/h2-9,11-12,20H,1,10H2,(H,19,21)/b18-12-. The van der Waals surface area contributed by atoms with Gasteiger partial charge in [0.2, 0.25) is 0 Å². The van der Waals surface area contributed by atoms with Crippen LogP contribution in [0.1, 0.15) is 15.9 Å². The van der Waals surface area contributed by atoms with Gasteiger partial charge in [-0.3, -0.25) is 4.79 Å². The van der Waals surface area contributed by atoms with Crippen molar-refractivity contribution in [1.29, 1.82) is 0 Å². The maximum absolute atomic E-state index is 11.8. The van der Waals surface area contributed by atoms with Gasteiger partial charge < -0.3 is 9.84 Å². The molecule has 0 fully saturated rings. The molecule has 22 heavy (non-hydrogen) atoms. The second-order valence-corrected chi connectivity index (χ2v) is 4.42. The van der Waals surface area contributed by atoms with Crippen molar-refractivity contribution >= 4 is 12.1 Å². The van der Waals surface area contributed by atoms with E-state index in [4.69, 9.17) is 4.74 Å². The van der Waals surface area contributed by atoms with Gasteiger partial charge in [0.15, 0.2) is 0 Å². The fourth-order valence-electron chi connectivity index (χ4n) is 1.68. The summed E-state index contributed by atoms with van der Waals surface area (Å²) in [5.74, 6) is 0.380. The molecule has 2 aromatic rings. The Labute approximate surface area is 128 Å². The Morgan fingerprint density at radius 3 is 2.73 bits per heavy atom. The van der Waals surface area contributed by atoms with Crippen molar-refractivity contribution in [3.63, 3.8) is 0 Å². The highest BCUT2D eigenvalue weighted by molar-refractivity contribution is 5.95. The molecule has 1 amide bonds. The number of aromatic hydroxyl groups is 1. The number of ether oxygens (including phenoxy) is 1. The predicted molar refractivity (Wildman–Crippen MR) is 85.3 cm³/mol. The maximum Gasteiger partial charge on any atom is 0.271 e. The zero-order chi connectivity index (χ0) is 15.8. The van der Waals surface area contributed by atoms with Gasteiger partial charge in [0.05, 0.1) is 6.21 Å². The fourth-order valence-corrected chi connectivity index (χ4v) is 1.68. The molecule has 0 atom stereocenters. The zero-order valence-corrected chi connectivity index (χ0v) is 11.9. The van der Waals surface area contributed by atoms with Crippen molar-refractivity contribution in [2.24, 2.45) is 5.10 Å². The predicted octanol–water partition coefficient (Wildman–Crippen LogP) is 2.72. The van der Waals surface area contributed by atoms with Gasteiger partial charge in [-0.05, 0) is 48.0 Å². The van der Waals surface area contributed by atoms with Crippen LogP contribution in [0.3, 0.4) is 0 Å². The number of hydrogen-bond acceptors (Lipinski definition) is 4. The average Bonchev–Trinajstić information content (AvgIpc) is 2.54. The summed E-state index contributed by atoms with van der Waals surface area (Å²) in [6, 6.07) is 13.3. The van der Waals surface area contributed by atoms with E-state index in [1.54, 1.807) is 18.2 Å². The number of carbonyl (C=O) groups is 1. The molecule has 0 bridgehead atoms. The van der Waals surface area contributed by atoms with Crippen LogP contribution in [-0.4, -0.2) is 23.8 Å². The molecule has 112 valence electrons. The van der Waals surface area contributed by atoms with Gasteiger partial charge in [-0.15, -0.1) is 0 Å². The second kappa shape index (κ2) is 7.64. The van der Waals surface area contributed by atoms with Gasteiger partial charge in [-0.1, -0.05) is 18.7 Å². The lowest BCUT2D eigenvalue weighted by atomic mass is 10.2. The Bertz CT molecular complexity index is 679. The van der Waals surface area contributed by atoms with Crippen molar-refractivity contribution in [3.8, 4) is 11.5 Å². The molecule has 0 radical (unpaired) electrons. The fraction of sp³-hybridized carbons (Fsp3) is 0.0588. The van der Waals surface area contributed by atoms with Crippen LogP contribution < -0.4 is 10.2 Å². The first-order valence-electron chi connectivity index (χ1n) is 6.65. The number of benzene rings is 2. The van der Waals surface area contributed by atoms with E-state index < -0.39 is 5.91 Å². The number of phenolic OH excluding ortho intramolecular Hbond substituents is 1. The van der Waals surface area contributed by atoms with E-state index >= 15 is 0 Å². The Morgan fingerprint density at radius 1 is 1.27 bits per heavy atom. The number of hydrazone groups is 1. The molecule has 2 rings (SSSR count). The highest BCUT2D eigenvalue weighted by atomic mass is 16.5. The largest absolute Gasteiger partial charge is 0.508 e. The summed E-state index contributed by atoms with van der Waals surface area (Å²) in [6.45, 7) is 4.03. The zero-order valence-electron chi connectivity index (χ0n) is 11.9. The van der Waals surface area contributed by atoms with Gasteiger partial charge in [-0.25, -0.2) is 5.43 Å². The molecular weight excluding hydrogens is 280 g/mol. The quantitative estimate of drug-likeness (QED) is 0.489. The number of rotatable bonds is 6. The van der Waals surface area contributed by atoms with E-state index in [0.717, 1.165) is 11.3 Å². The Hall–Kier alpha value is -3.08. The third-order valence-electron chi connectivity index (χ3n) is 2.74. The number of nitrogens with zero attached hydrogens (tertiary/aromatic N) is 1. The lowest BCUT2D eigenvalue weighted by molar-refractivity contribution is 0.0954. The summed E-state index contributed by atoms with van der Waals surface area (Å²) in [7, 11) is 0. The molecule has 0 heterocycles. The molecule has 0 aliphatic carbocycles. The maximum atomic E-state index is 11.8. The normalized spacial score (nSPS) is 10.4. The van der Waals surface area contributed by atoms with E-state index in [1.807, 2.05) is 24.3 Å². The van der Waals surface area contributed by atoms with Crippen LogP contribution in [0.2, 0.25) is 0 Å². The summed E-state index contributed by atoms with van der Waals surface area (Å²) in [5, 5.41) is 13.2. The molecule has 2 aromatic carbocycles. The molecule has 5 nitrogen and oxygen atoms in total. The van der Waals surface area contributed by atoms with Gasteiger partial charge in [0.25, 0.3) is 5.91 Å². The summed E-state index contributed by atoms with van der Waals surface area (Å²) in [6.07, 6.45) is 3.20. The van der Waals surface area contributed by atoms with Gasteiger partial charge >= 0.3 is 0 Å². The van der Waals surface area contributed by atoms with E-state index in [2.05, 4.69) is 17.1 Å². The lowest BCUT2D eigenvalue weighted by Gasteiger charge is -2.03. The SMILES string of the molecule is C=CCOc1ccc(/C=N\NC(=O)c2cccc(O)c2)cc1. The molecule has 0 spiro atoms. The van der Waals surface area contributed by atoms with Crippen molar-refractivity contribution < 1.29 is 14.6 Å². The number of phenols is 1. The second-order valence-electron chi connectivity index (χ2n) is 4.42. The summed E-state index contributed by atoms with van der Waals surface area (Å²) in [5.41, 5.74) is 3.56. The first-order valence-corrected chi connectivity index (χ1v) is 6.65. The third-order valence-corrected chi connectivity index (χ3v) is 2.74. The van der Waals surface area contributed by atoms with Crippen LogP contribution in [-0.2, 0) is 0 Å². The smallest absolute Gasteiger partial charge is 0.271 e. The van der Waals surface area contributed by atoms with Gasteiger partial charge in [0, 0.05) is 5.56 Å². The van der Waals surface area contributed by atoms with E-state index in [-0.39, 0.29) is 5.75 Å². The average molecular weight is 296 g/mol. The minimum Gasteiger partial charge on any atom is -0.508 e. The minimum atomic E-state index is -0.391. The third kappa shape index (κ3) is 4.49. The van der Waals surface area contributed by atoms with E-state index in [1.165, 1.54) is 18.3 Å². The monoisotopic (exact) mass is 296 g/mol. The molecule has 0 aliphatic heterocycles. The molecular formula is C17H16N2O3. The lowest BCUT2D eigenvalue weighted by Crippen LogP contribution is -2.17. The topological polar surface area (TPSA) is 70.9 Å². The van der Waals surface area contributed by atoms with Crippen molar-refractivity contribution in [2.45, 2.75) is 0 Å². The Kier molecular flexibility index (Phi) is 5.31. The van der Waals surface area contributed by atoms with Crippen LogP contribution >= 0.6 is 0 Å². The van der Waals surface area contributed by atoms with Crippen LogP contribution in [0.4, 0.5) is 0 Å². The van der Waals surface area contributed by atoms with Crippen LogP contribution in [0.5, 0.6) is 11.5 Å². The first-order chi connectivity index (χ1) is 10.7. The molecule has 5 heteroatoms. The van der Waals surface area contributed by atoms with E-state index in [9.17, 15) is 9.90 Å². The number of nitrogens with one attached hydrogen (secondary N) is 1. The highest BCUT2D eigenvalue weighted by Crippen LogP contribution is 2.11. The minimum absolute atomic E-state index is 0.0340. The molecule has 0 aliphatic rings. The first kappa shape index (κ1) is 15.3. The number of hydrogen-bond donors (Lipinski definition) is 2. The molecule has 0 aromatic heterocycles. The number of carbonyl (C=O) groups excluding carboxylic acids is 1. The molecule has 2 N–H and O–H groups in total.